The van der Waals surface area contributed by atoms with Gasteiger partial charge >= 0.3 is 0 Å². The Labute approximate surface area is 211 Å². The summed E-state index contributed by atoms with van der Waals surface area (Å²) in [6.07, 6.45) is 8.64. The highest BCUT2D eigenvalue weighted by atomic mass is 15.3. The van der Waals surface area contributed by atoms with Crippen molar-refractivity contribution in [3.05, 3.63) is 77.1 Å². The number of nitrogens with one attached hydrogen (secondary N) is 5. The first-order valence-corrected chi connectivity index (χ1v) is 13.0. The third kappa shape index (κ3) is 3.49. The molecule has 4 atom stereocenters. The van der Waals surface area contributed by atoms with Gasteiger partial charge in [0.2, 0.25) is 0 Å². The lowest BCUT2D eigenvalue weighted by molar-refractivity contribution is 0.466. The number of aromatic nitrogens is 2. The molecular formula is C30H30N6. The van der Waals surface area contributed by atoms with Crippen molar-refractivity contribution in [2.45, 2.75) is 55.8 Å². The van der Waals surface area contributed by atoms with E-state index >= 15 is 0 Å². The average molecular weight is 475 g/mol. The normalized spacial score (nSPS) is 29.9. The van der Waals surface area contributed by atoms with E-state index < -0.39 is 0 Å². The molecule has 2 unspecified atom stereocenters. The maximum Gasteiger partial charge on any atom is 0.124 e. The monoisotopic (exact) mass is 474 g/mol. The van der Waals surface area contributed by atoms with Gasteiger partial charge in [-0.3, -0.25) is 0 Å². The fourth-order valence-electron chi connectivity index (χ4n) is 6.30. The fourth-order valence-corrected chi connectivity index (χ4v) is 6.30. The highest BCUT2D eigenvalue weighted by molar-refractivity contribution is 5.85. The van der Waals surface area contributed by atoms with Gasteiger partial charge in [0.1, 0.15) is 17.2 Å². The predicted molar refractivity (Wildman–Crippen MR) is 142 cm³/mol. The zero-order valence-electron chi connectivity index (χ0n) is 20.5. The Hall–Kier alpha value is -3.71. The molecule has 2 aromatic carbocycles. The van der Waals surface area contributed by atoms with Crippen molar-refractivity contribution in [2.75, 3.05) is 13.1 Å². The van der Waals surface area contributed by atoms with Crippen LogP contribution < -0.4 is 21.3 Å². The number of rotatable bonds is 1. The quantitative estimate of drug-likeness (QED) is 0.351. The van der Waals surface area contributed by atoms with Crippen LogP contribution in [0.4, 0.5) is 0 Å². The zero-order chi connectivity index (χ0) is 24.2. The molecule has 3 aromatic rings. The van der Waals surface area contributed by atoms with Crippen molar-refractivity contribution in [1.82, 2.24) is 31.2 Å². The Morgan fingerprint density at radius 1 is 0.944 bits per heavy atom. The van der Waals surface area contributed by atoms with Gasteiger partial charge in [0.05, 0.1) is 29.4 Å². The molecule has 0 bridgehead atoms. The molecule has 0 amide bonds. The predicted octanol–water partition coefficient (Wildman–Crippen LogP) is 3.04. The molecule has 36 heavy (non-hydrogen) atoms. The molecule has 4 heterocycles. The van der Waals surface area contributed by atoms with E-state index in [1.807, 2.05) is 12.4 Å². The molecule has 1 aliphatic carbocycles. The number of hydrogen-bond acceptors (Lipinski definition) is 5. The van der Waals surface area contributed by atoms with Crippen LogP contribution in [-0.4, -0.2) is 40.2 Å². The van der Waals surface area contributed by atoms with E-state index in [9.17, 15) is 0 Å². The maximum atomic E-state index is 4.50. The Kier molecular flexibility index (Phi) is 4.89. The van der Waals surface area contributed by atoms with Gasteiger partial charge in [0.15, 0.2) is 0 Å². The lowest BCUT2D eigenvalue weighted by Crippen LogP contribution is -2.41. The zero-order valence-corrected chi connectivity index (χ0v) is 20.5. The molecule has 1 aromatic heterocycles. The van der Waals surface area contributed by atoms with Gasteiger partial charge in [-0.25, -0.2) is 4.98 Å². The van der Waals surface area contributed by atoms with Crippen molar-refractivity contribution in [3.8, 4) is 23.7 Å². The van der Waals surface area contributed by atoms with E-state index in [1.165, 1.54) is 19.3 Å². The number of imidazole rings is 1. The fraction of sp³-hybridized carbons (Fsp3) is 0.367. The van der Waals surface area contributed by atoms with Crippen LogP contribution in [0.3, 0.4) is 0 Å². The third-order valence-corrected chi connectivity index (χ3v) is 8.43. The lowest BCUT2D eigenvalue weighted by Gasteiger charge is -2.19. The second kappa shape index (κ2) is 8.17. The summed E-state index contributed by atoms with van der Waals surface area (Å²) < 4.78 is 0. The number of nitrogens with zero attached hydrogens (tertiary/aromatic N) is 1. The van der Waals surface area contributed by atoms with Gasteiger partial charge in [-0.1, -0.05) is 24.0 Å². The molecule has 1 spiro atoms. The van der Waals surface area contributed by atoms with Crippen LogP contribution in [0.5, 0.6) is 0 Å². The van der Waals surface area contributed by atoms with Gasteiger partial charge in [-0.15, -0.1) is 0 Å². The van der Waals surface area contributed by atoms with E-state index in [0.29, 0.717) is 12.1 Å². The van der Waals surface area contributed by atoms with Crippen molar-refractivity contribution < 1.29 is 0 Å². The second-order valence-electron chi connectivity index (χ2n) is 10.6. The van der Waals surface area contributed by atoms with Gasteiger partial charge in [0, 0.05) is 17.3 Å². The topological polar surface area (TPSA) is 76.8 Å². The SMILES string of the molecule is CC12NC=C(C#Cc3ccc4cc(C#Cc5cnc([C@@H]6CCCN6)[nH]5)ccc4c3)NC1[C@]21CCCN1. The molecule has 1 saturated carbocycles. The van der Waals surface area contributed by atoms with E-state index in [4.69, 9.17) is 0 Å². The number of benzene rings is 2. The first-order valence-electron chi connectivity index (χ1n) is 13.0. The van der Waals surface area contributed by atoms with Crippen molar-refractivity contribution in [3.63, 3.8) is 0 Å². The Balaban J connectivity index is 1.05. The third-order valence-electron chi connectivity index (χ3n) is 8.43. The molecule has 3 fully saturated rings. The molecule has 6 nitrogen and oxygen atoms in total. The number of fused-ring (bicyclic) bond motifs is 4. The first-order chi connectivity index (χ1) is 17.6. The van der Waals surface area contributed by atoms with Crippen LogP contribution in [0.15, 0.2) is 54.5 Å². The summed E-state index contributed by atoms with van der Waals surface area (Å²) in [4.78, 5) is 7.85. The van der Waals surface area contributed by atoms with Crippen LogP contribution in [0.1, 0.15) is 61.3 Å². The van der Waals surface area contributed by atoms with E-state index in [2.05, 4.69) is 98.2 Å². The standard InChI is InChI=1S/C30H30N6/c1-29-28(30(29)13-3-15-33-30)36-25(19-34-29)12-8-21-6-10-22-16-20(5-9-23(22)17-21)7-11-24-18-32-27(35-24)26-4-2-14-31-26/h5-6,9-10,16-19,26,28,31,33-34,36H,2-4,13-15H2,1H3,(H,32,35)/t26-,28?,29?,30+/m0/s1. The maximum absolute atomic E-state index is 4.50. The van der Waals surface area contributed by atoms with Crippen LogP contribution >= 0.6 is 0 Å². The average Bonchev–Trinajstić information content (AvgIpc) is 3.54. The Bertz CT molecular complexity index is 1500. The summed E-state index contributed by atoms with van der Waals surface area (Å²) in [7, 11) is 0. The summed E-state index contributed by atoms with van der Waals surface area (Å²) in [5.41, 5.74) is 4.06. The Morgan fingerprint density at radius 2 is 1.75 bits per heavy atom. The summed E-state index contributed by atoms with van der Waals surface area (Å²) in [6.45, 7) is 4.45. The first kappa shape index (κ1) is 21.6. The molecule has 7 rings (SSSR count). The van der Waals surface area contributed by atoms with E-state index in [1.54, 1.807) is 0 Å². The highest BCUT2D eigenvalue weighted by Crippen LogP contribution is 2.54. The van der Waals surface area contributed by atoms with Gasteiger partial charge < -0.3 is 26.3 Å². The molecule has 2 saturated heterocycles. The van der Waals surface area contributed by atoms with Crippen molar-refractivity contribution in [1.29, 1.82) is 0 Å². The number of H-pyrrole nitrogens is 1. The smallest absolute Gasteiger partial charge is 0.124 e. The van der Waals surface area contributed by atoms with Gasteiger partial charge in [0.25, 0.3) is 0 Å². The van der Waals surface area contributed by atoms with Gasteiger partial charge in [-0.05, 0) is 92.6 Å². The molecule has 3 aliphatic heterocycles. The van der Waals surface area contributed by atoms with E-state index in [0.717, 1.165) is 58.6 Å². The minimum Gasteiger partial charge on any atom is -0.379 e. The van der Waals surface area contributed by atoms with Crippen LogP contribution in [-0.2, 0) is 0 Å². The van der Waals surface area contributed by atoms with Crippen LogP contribution in [0, 0.1) is 23.7 Å². The summed E-state index contributed by atoms with van der Waals surface area (Å²) in [5.74, 6) is 14.2. The molecule has 180 valence electrons. The minimum atomic E-state index is 0.0884. The summed E-state index contributed by atoms with van der Waals surface area (Å²) in [6, 6.07) is 13.4. The summed E-state index contributed by atoms with van der Waals surface area (Å²) in [5, 5.41) is 16.8. The van der Waals surface area contributed by atoms with Crippen LogP contribution in [0.25, 0.3) is 10.8 Å². The molecule has 4 aliphatic rings. The molecular weight excluding hydrogens is 444 g/mol. The molecule has 5 N–H and O–H groups in total. The van der Waals surface area contributed by atoms with Gasteiger partial charge in [-0.2, -0.15) is 0 Å². The lowest BCUT2D eigenvalue weighted by atomic mass is 10.0. The van der Waals surface area contributed by atoms with E-state index in [-0.39, 0.29) is 11.1 Å². The van der Waals surface area contributed by atoms with Crippen molar-refractivity contribution >= 4 is 10.8 Å². The second-order valence-corrected chi connectivity index (χ2v) is 10.6. The van der Waals surface area contributed by atoms with Crippen molar-refractivity contribution in [2.24, 2.45) is 0 Å². The highest BCUT2D eigenvalue weighted by Gasteiger charge is 2.75. The number of allylic oxidation sites excluding steroid dienone is 1. The molecule has 6 heteroatoms. The minimum absolute atomic E-state index is 0.0884. The Morgan fingerprint density at radius 3 is 2.47 bits per heavy atom. The number of aromatic amines is 1. The summed E-state index contributed by atoms with van der Waals surface area (Å²) >= 11 is 0. The number of hydrogen-bond donors (Lipinski definition) is 5. The molecule has 0 radical (unpaired) electrons. The largest absolute Gasteiger partial charge is 0.379 e. The van der Waals surface area contributed by atoms with Crippen LogP contribution in [0.2, 0.25) is 0 Å².